The summed E-state index contributed by atoms with van der Waals surface area (Å²) in [5, 5.41) is 12.9. The molecule has 3 aromatic rings. The molecule has 0 atom stereocenters. The lowest BCUT2D eigenvalue weighted by atomic mass is 10.2. The van der Waals surface area contributed by atoms with Crippen LogP contribution in [-0.4, -0.2) is 37.1 Å². The maximum atomic E-state index is 12.5. The number of hydrogen-bond donors (Lipinski definition) is 2. The van der Waals surface area contributed by atoms with Crippen molar-refractivity contribution in [2.45, 2.75) is 12.7 Å². The van der Waals surface area contributed by atoms with Crippen LogP contribution in [-0.2, 0) is 12.7 Å². The smallest absolute Gasteiger partial charge is 0.336 e. The van der Waals surface area contributed by atoms with Gasteiger partial charge < -0.3 is 10.6 Å². The van der Waals surface area contributed by atoms with Gasteiger partial charge in [-0.05, 0) is 30.3 Å². The normalized spacial score (nSPS) is 11.2. The first-order chi connectivity index (χ1) is 13.3. The molecule has 28 heavy (non-hydrogen) atoms. The highest BCUT2D eigenvalue weighted by molar-refractivity contribution is 5.89. The Labute approximate surface area is 155 Å². The van der Waals surface area contributed by atoms with Crippen molar-refractivity contribution in [2.75, 3.05) is 11.9 Å². The first-order valence-corrected chi connectivity index (χ1v) is 7.98. The number of nitrogens with one attached hydrogen (secondary N) is 2. The summed E-state index contributed by atoms with van der Waals surface area (Å²) in [4.78, 5) is 27.5. The molecule has 1 aromatic carbocycles. The number of hydrogen-bond acceptors (Lipinski definition) is 5. The fourth-order valence-corrected chi connectivity index (χ4v) is 2.24. The van der Waals surface area contributed by atoms with Gasteiger partial charge in [0.2, 0.25) is 0 Å². The molecular formula is C16H14F3N7O2. The third-order valence-electron chi connectivity index (χ3n) is 3.59. The number of halogens is 3. The summed E-state index contributed by atoms with van der Waals surface area (Å²) < 4.78 is 40.1. The van der Waals surface area contributed by atoms with E-state index in [4.69, 9.17) is 0 Å². The minimum atomic E-state index is -4.44. The predicted molar refractivity (Wildman–Crippen MR) is 91.9 cm³/mol. The van der Waals surface area contributed by atoms with Gasteiger partial charge in [-0.1, -0.05) is 0 Å². The van der Waals surface area contributed by atoms with Crippen molar-refractivity contribution < 1.29 is 18.0 Å². The van der Waals surface area contributed by atoms with Gasteiger partial charge in [0.25, 0.3) is 5.56 Å². The average Bonchev–Trinajstić information content (AvgIpc) is 3.17. The summed E-state index contributed by atoms with van der Waals surface area (Å²) in [7, 11) is 0. The van der Waals surface area contributed by atoms with Gasteiger partial charge in [-0.25, -0.2) is 19.1 Å². The molecule has 0 aliphatic rings. The molecule has 0 aliphatic carbocycles. The van der Waals surface area contributed by atoms with Gasteiger partial charge in [-0.2, -0.15) is 18.3 Å². The Bertz CT molecular complexity index is 998. The summed E-state index contributed by atoms with van der Waals surface area (Å²) in [6.07, 6.45) is -1.70. The quantitative estimate of drug-likeness (QED) is 0.686. The molecule has 3 rings (SSSR count). The van der Waals surface area contributed by atoms with Crippen molar-refractivity contribution in [2.24, 2.45) is 0 Å². The summed E-state index contributed by atoms with van der Waals surface area (Å²) in [5.74, 6) is 0.381. The molecule has 146 valence electrons. The van der Waals surface area contributed by atoms with Gasteiger partial charge in [0, 0.05) is 18.3 Å². The van der Waals surface area contributed by atoms with E-state index in [1.54, 1.807) is 0 Å². The van der Waals surface area contributed by atoms with E-state index in [0.29, 0.717) is 5.82 Å². The minimum absolute atomic E-state index is 0.0696. The van der Waals surface area contributed by atoms with Crippen LogP contribution in [0, 0.1) is 0 Å². The lowest BCUT2D eigenvalue weighted by Crippen LogP contribution is -2.34. The number of nitrogens with zero attached hydrogens (tertiary/aromatic N) is 5. The van der Waals surface area contributed by atoms with Crippen LogP contribution in [0.4, 0.5) is 23.7 Å². The zero-order valence-corrected chi connectivity index (χ0v) is 14.2. The Kier molecular flexibility index (Phi) is 5.38. The first kappa shape index (κ1) is 19.1. The summed E-state index contributed by atoms with van der Waals surface area (Å²) >= 11 is 0. The van der Waals surface area contributed by atoms with E-state index in [1.807, 2.05) is 0 Å². The second-order valence-electron chi connectivity index (χ2n) is 5.55. The van der Waals surface area contributed by atoms with Gasteiger partial charge >= 0.3 is 12.2 Å². The zero-order chi connectivity index (χ0) is 20.1. The van der Waals surface area contributed by atoms with Gasteiger partial charge in [0.1, 0.15) is 12.7 Å². The van der Waals surface area contributed by atoms with E-state index in [2.05, 4.69) is 25.8 Å². The van der Waals surface area contributed by atoms with Crippen molar-refractivity contribution in [1.29, 1.82) is 0 Å². The third kappa shape index (κ3) is 4.72. The van der Waals surface area contributed by atoms with Crippen molar-refractivity contribution >= 4 is 11.7 Å². The Morgan fingerprint density at radius 2 is 1.86 bits per heavy atom. The number of aromatic nitrogens is 5. The van der Waals surface area contributed by atoms with Gasteiger partial charge in [0.15, 0.2) is 5.82 Å². The Morgan fingerprint density at radius 1 is 1.11 bits per heavy atom. The van der Waals surface area contributed by atoms with Crippen molar-refractivity contribution in [3.05, 3.63) is 65.0 Å². The molecule has 0 radical (unpaired) electrons. The second-order valence-corrected chi connectivity index (χ2v) is 5.55. The molecule has 0 bridgehead atoms. The van der Waals surface area contributed by atoms with Crippen LogP contribution in [0.3, 0.4) is 0 Å². The number of anilines is 1. The SMILES string of the molecule is O=C(NCCn1nc(-n2cncn2)ccc1=O)Nc1ccc(C(F)(F)F)cc1. The lowest BCUT2D eigenvalue weighted by Gasteiger charge is -2.10. The topological polar surface area (TPSA) is 107 Å². The number of benzene rings is 1. The van der Waals surface area contributed by atoms with Gasteiger partial charge in [0.05, 0.1) is 12.1 Å². The summed E-state index contributed by atoms with van der Waals surface area (Å²) in [5.41, 5.74) is -0.973. The number of carbonyl (C=O) groups excluding carboxylic acids is 1. The van der Waals surface area contributed by atoms with E-state index in [1.165, 1.54) is 29.5 Å². The van der Waals surface area contributed by atoms with Crippen LogP contribution in [0.1, 0.15) is 5.56 Å². The van der Waals surface area contributed by atoms with Crippen LogP contribution < -0.4 is 16.2 Å². The van der Waals surface area contributed by atoms with E-state index < -0.39 is 17.8 Å². The average molecular weight is 393 g/mol. The molecule has 0 unspecified atom stereocenters. The van der Waals surface area contributed by atoms with Crippen LogP contribution in [0.15, 0.2) is 53.8 Å². The Morgan fingerprint density at radius 3 is 2.50 bits per heavy atom. The monoisotopic (exact) mass is 393 g/mol. The number of rotatable bonds is 5. The number of alkyl halides is 3. The number of carbonyl (C=O) groups is 1. The van der Waals surface area contributed by atoms with E-state index in [9.17, 15) is 22.8 Å². The summed E-state index contributed by atoms with van der Waals surface area (Å²) in [6.45, 7) is 0.155. The molecule has 2 heterocycles. The first-order valence-electron chi connectivity index (χ1n) is 7.98. The Balaban J connectivity index is 1.54. The van der Waals surface area contributed by atoms with E-state index in [0.717, 1.165) is 28.9 Å². The number of amides is 2. The molecule has 0 saturated carbocycles. The highest BCUT2D eigenvalue weighted by Gasteiger charge is 2.29. The molecule has 12 heteroatoms. The van der Waals surface area contributed by atoms with E-state index >= 15 is 0 Å². The molecular weight excluding hydrogens is 379 g/mol. The lowest BCUT2D eigenvalue weighted by molar-refractivity contribution is -0.137. The van der Waals surface area contributed by atoms with Crippen LogP contribution >= 0.6 is 0 Å². The van der Waals surface area contributed by atoms with Gasteiger partial charge in [-0.3, -0.25) is 4.79 Å². The highest BCUT2D eigenvalue weighted by atomic mass is 19.4. The Hall–Kier alpha value is -3.70. The molecule has 0 aliphatic heterocycles. The molecule has 2 aromatic heterocycles. The minimum Gasteiger partial charge on any atom is -0.336 e. The second kappa shape index (κ2) is 7.90. The van der Waals surface area contributed by atoms with Crippen LogP contribution in [0.2, 0.25) is 0 Å². The molecule has 2 amide bonds. The summed E-state index contributed by atoms with van der Waals surface area (Å²) in [6, 6.07) is 6.21. The van der Waals surface area contributed by atoms with E-state index in [-0.39, 0.29) is 24.3 Å². The molecule has 0 spiro atoms. The molecule has 0 saturated heterocycles. The fourth-order valence-electron chi connectivity index (χ4n) is 2.24. The fraction of sp³-hybridized carbons (Fsp3) is 0.188. The maximum Gasteiger partial charge on any atom is 0.416 e. The highest BCUT2D eigenvalue weighted by Crippen LogP contribution is 2.29. The molecule has 9 nitrogen and oxygen atoms in total. The predicted octanol–water partition coefficient (Wildman–Crippen LogP) is 1.66. The largest absolute Gasteiger partial charge is 0.416 e. The standard InChI is InChI=1S/C16H14F3N7O2/c17-16(18,19)11-1-3-12(4-2-11)23-15(28)21-7-8-25-14(27)6-5-13(24-25)26-10-20-9-22-26/h1-6,9-10H,7-8H2,(H2,21,23,28). The molecule has 0 fully saturated rings. The zero-order valence-electron chi connectivity index (χ0n) is 14.2. The van der Waals surface area contributed by atoms with Crippen molar-refractivity contribution in [3.8, 4) is 5.82 Å². The van der Waals surface area contributed by atoms with Crippen molar-refractivity contribution in [1.82, 2.24) is 29.9 Å². The van der Waals surface area contributed by atoms with Crippen molar-refractivity contribution in [3.63, 3.8) is 0 Å². The molecule has 2 N–H and O–H groups in total. The van der Waals surface area contributed by atoms with Crippen LogP contribution in [0.25, 0.3) is 5.82 Å². The number of urea groups is 1. The third-order valence-corrected chi connectivity index (χ3v) is 3.59. The maximum absolute atomic E-state index is 12.5. The van der Waals surface area contributed by atoms with Crippen LogP contribution in [0.5, 0.6) is 0 Å². The van der Waals surface area contributed by atoms with Gasteiger partial charge in [-0.15, -0.1) is 5.10 Å².